The number of hydrogen-bond donors (Lipinski definition) is 2. The molecular weight excluding hydrogens is 492 g/mol. The number of piperazine rings is 1. The van der Waals surface area contributed by atoms with Crippen LogP contribution in [0.3, 0.4) is 0 Å². The lowest BCUT2D eigenvalue weighted by atomic mass is 10.1. The molecule has 0 spiro atoms. The van der Waals surface area contributed by atoms with Gasteiger partial charge < -0.3 is 29.9 Å². The van der Waals surface area contributed by atoms with E-state index in [1.54, 1.807) is 19.2 Å². The zero-order valence-electron chi connectivity index (χ0n) is 23.0. The first-order valence-electron chi connectivity index (χ1n) is 13.5. The Labute approximate surface area is 230 Å². The molecule has 1 fully saturated rings. The average Bonchev–Trinajstić information content (AvgIpc) is 2.97. The topological polar surface area (TPSA) is 83.1 Å². The van der Waals surface area contributed by atoms with Gasteiger partial charge in [-0.3, -0.25) is 9.59 Å². The van der Waals surface area contributed by atoms with Crippen molar-refractivity contribution < 1.29 is 19.1 Å². The first-order valence-corrected chi connectivity index (χ1v) is 13.5. The molecule has 1 saturated heterocycles. The van der Waals surface area contributed by atoms with Crippen LogP contribution in [0.1, 0.15) is 39.6 Å². The first kappa shape index (κ1) is 28.0. The van der Waals surface area contributed by atoms with Gasteiger partial charge in [0.1, 0.15) is 5.75 Å². The number of nitrogens with zero attached hydrogens (tertiary/aromatic N) is 2. The molecule has 0 saturated carbocycles. The molecule has 0 aromatic heterocycles. The van der Waals surface area contributed by atoms with Crippen LogP contribution in [-0.4, -0.2) is 64.9 Å². The molecule has 0 aliphatic carbocycles. The Bertz CT molecular complexity index is 1270. The number of carbonyl (C=O) groups is 2. The Balaban J connectivity index is 1.52. The van der Waals surface area contributed by atoms with Gasteiger partial charge >= 0.3 is 0 Å². The lowest BCUT2D eigenvalue weighted by Gasteiger charge is -2.38. The highest BCUT2D eigenvalue weighted by Crippen LogP contribution is 2.31. The third-order valence-electron chi connectivity index (χ3n) is 6.89. The minimum atomic E-state index is -0.200. The number of ether oxygens (including phenoxy) is 2. The van der Waals surface area contributed by atoms with Gasteiger partial charge in [-0.05, 0) is 62.2 Å². The Hall–Kier alpha value is -4.04. The molecule has 0 unspecified atom stereocenters. The fourth-order valence-corrected chi connectivity index (χ4v) is 4.79. The molecule has 8 heteroatoms. The second-order valence-corrected chi connectivity index (χ2v) is 9.45. The van der Waals surface area contributed by atoms with Crippen molar-refractivity contribution in [1.82, 2.24) is 5.32 Å². The van der Waals surface area contributed by atoms with E-state index in [2.05, 4.69) is 26.5 Å². The molecule has 1 aliphatic heterocycles. The van der Waals surface area contributed by atoms with E-state index >= 15 is 0 Å². The monoisotopic (exact) mass is 530 g/mol. The van der Waals surface area contributed by atoms with Crippen LogP contribution in [0, 0.1) is 6.92 Å². The number of para-hydroxylation sites is 2. The lowest BCUT2D eigenvalue weighted by molar-refractivity contribution is 0.0943. The number of carbonyl (C=O) groups excluding carboxylic acids is 2. The van der Waals surface area contributed by atoms with Gasteiger partial charge in [0.25, 0.3) is 11.8 Å². The number of anilines is 3. The molecule has 8 nitrogen and oxygen atoms in total. The van der Waals surface area contributed by atoms with Crippen LogP contribution in [0.25, 0.3) is 0 Å². The summed E-state index contributed by atoms with van der Waals surface area (Å²) in [4.78, 5) is 30.8. The van der Waals surface area contributed by atoms with Crippen LogP contribution in [0.2, 0.25) is 0 Å². The maximum Gasteiger partial charge on any atom is 0.255 e. The molecule has 1 aliphatic rings. The Morgan fingerprint density at radius 1 is 0.846 bits per heavy atom. The maximum absolute atomic E-state index is 13.4. The summed E-state index contributed by atoms with van der Waals surface area (Å²) in [5.74, 6) is 0.488. The van der Waals surface area contributed by atoms with E-state index in [-0.39, 0.29) is 11.8 Å². The summed E-state index contributed by atoms with van der Waals surface area (Å²) in [6.45, 7) is 8.71. The molecule has 0 bridgehead atoms. The summed E-state index contributed by atoms with van der Waals surface area (Å²) in [5.41, 5.74) is 4.55. The standard InChI is InChI=1S/C31H38N4O4/c1-4-39-21-9-16-32-30(36)26-22-24(33-31(37)25-11-6-5-10-23(25)2)14-15-27(26)34-17-19-35(20-18-34)28-12-7-8-13-29(28)38-3/h5-8,10-15,22H,4,9,16-21H2,1-3H3,(H,32,36)(H,33,37). The first-order chi connectivity index (χ1) is 19.0. The minimum absolute atomic E-state index is 0.166. The smallest absolute Gasteiger partial charge is 0.255 e. The second kappa shape index (κ2) is 13.7. The second-order valence-electron chi connectivity index (χ2n) is 9.45. The van der Waals surface area contributed by atoms with E-state index < -0.39 is 0 Å². The van der Waals surface area contributed by atoms with E-state index in [1.165, 1.54) is 0 Å². The third-order valence-corrected chi connectivity index (χ3v) is 6.89. The van der Waals surface area contributed by atoms with Crippen LogP contribution < -0.4 is 25.2 Å². The van der Waals surface area contributed by atoms with Crippen molar-refractivity contribution in [3.05, 3.63) is 83.4 Å². The van der Waals surface area contributed by atoms with Crippen molar-refractivity contribution in [2.45, 2.75) is 20.3 Å². The van der Waals surface area contributed by atoms with Gasteiger partial charge in [-0.25, -0.2) is 0 Å². The Morgan fingerprint density at radius 2 is 1.54 bits per heavy atom. The van der Waals surface area contributed by atoms with E-state index in [0.29, 0.717) is 36.6 Å². The van der Waals surface area contributed by atoms with Crippen molar-refractivity contribution in [2.75, 3.05) is 68.2 Å². The SMILES string of the molecule is CCOCCCNC(=O)c1cc(NC(=O)c2ccccc2C)ccc1N1CCN(c2ccccc2OC)CC1. The highest BCUT2D eigenvalue weighted by molar-refractivity contribution is 6.07. The molecule has 3 aromatic carbocycles. The summed E-state index contributed by atoms with van der Waals surface area (Å²) in [7, 11) is 1.69. The van der Waals surface area contributed by atoms with Gasteiger partial charge in [0.2, 0.25) is 0 Å². The normalized spacial score (nSPS) is 13.2. The number of aryl methyl sites for hydroxylation is 1. The Kier molecular flexibility index (Phi) is 9.80. The van der Waals surface area contributed by atoms with Crippen LogP contribution in [0.15, 0.2) is 66.7 Å². The molecule has 39 heavy (non-hydrogen) atoms. The van der Waals surface area contributed by atoms with E-state index in [0.717, 1.165) is 55.3 Å². The molecule has 2 N–H and O–H groups in total. The van der Waals surface area contributed by atoms with Crippen molar-refractivity contribution in [3.8, 4) is 5.75 Å². The van der Waals surface area contributed by atoms with E-state index in [4.69, 9.17) is 9.47 Å². The van der Waals surface area contributed by atoms with E-state index in [1.807, 2.05) is 62.4 Å². The fraction of sp³-hybridized carbons (Fsp3) is 0.355. The van der Waals surface area contributed by atoms with Crippen LogP contribution in [0.5, 0.6) is 5.75 Å². The van der Waals surface area contributed by atoms with Crippen molar-refractivity contribution in [1.29, 1.82) is 0 Å². The lowest BCUT2D eigenvalue weighted by Crippen LogP contribution is -2.47. The number of methoxy groups -OCH3 is 1. The largest absolute Gasteiger partial charge is 0.495 e. The summed E-state index contributed by atoms with van der Waals surface area (Å²) < 4.78 is 11.0. The third kappa shape index (κ3) is 7.09. The fourth-order valence-electron chi connectivity index (χ4n) is 4.79. The average molecular weight is 531 g/mol. The van der Waals surface area contributed by atoms with Gasteiger partial charge in [0, 0.05) is 62.9 Å². The predicted molar refractivity (Wildman–Crippen MR) is 156 cm³/mol. The summed E-state index contributed by atoms with van der Waals surface area (Å²) in [6.07, 6.45) is 0.732. The van der Waals surface area contributed by atoms with Gasteiger partial charge in [0.05, 0.1) is 18.4 Å². The maximum atomic E-state index is 13.4. The molecule has 0 atom stereocenters. The number of benzene rings is 3. The molecule has 4 rings (SSSR count). The highest BCUT2D eigenvalue weighted by Gasteiger charge is 2.24. The predicted octanol–water partition coefficient (Wildman–Crippen LogP) is 4.74. The van der Waals surface area contributed by atoms with Gasteiger partial charge in [-0.1, -0.05) is 30.3 Å². The number of amides is 2. The quantitative estimate of drug-likeness (QED) is 0.349. The van der Waals surface area contributed by atoms with Gasteiger partial charge in [0.15, 0.2) is 0 Å². The zero-order valence-corrected chi connectivity index (χ0v) is 23.0. The van der Waals surface area contributed by atoms with Crippen LogP contribution in [0.4, 0.5) is 17.1 Å². The summed E-state index contributed by atoms with van der Waals surface area (Å²) in [6, 6.07) is 21.1. The van der Waals surface area contributed by atoms with Gasteiger partial charge in [-0.15, -0.1) is 0 Å². The number of rotatable bonds is 11. The zero-order chi connectivity index (χ0) is 27.6. The molecule has 2 amide bonds. The molecular formula is C31H38N4O4. The van der Waals surface area contributed by atoms with Crippen molar-refractivity contribution in [2.24, 2.45) is 0 Å². The van der Waals surface area contributed by atoms with E-state index in [9.17, 15) is 9.59 Å². The number of hydrogen-bond acceptors (Lipinski definition) is 6. The summed E-state index contributed by atoms with van der Waals surface area (Å²) in [5, 5.41) is 5.99. The molecule has 3 aromatic rings. The molecule has 1 heterocycles. The number of nitrogens with one attached hydrogen (secondary N) is 2. The Morgan fingerprint density at radius 3 is 2.26 bits per heavy atom. The molecule has 206 valence electrons. The molecule has 0 radical (unpaired) electrons. The summed E-state index contributed by atoms with van der Waals surface area (Å²) >= 11 is 0. The van der Waals surface area contributed by atoms with Crippen LogP contribution >= 0.6 is 0 Å². The van der Waals surface area contributed by atoms with Crippen LogP contribution in [-0.2, 0) is 4.74 Å². The highest BCUT2D eigenvalue weighted by atomic mass is 16.5. The van der Waals surface area contributed by atoms with Crippen molar-refractivity contribution in [3.63, 3.8) is 0 Å². The van der Waals surface area contributed by atoms with Crippen molar-refractivity contribution >= 4 is 28.9 Å². The minimum Gasteiger partial charge on any atom is -0.495 e. The van der Waals surface area contributed by atoms with Gasteiger partial charge in [-0.2, -0.15) is 0 Å².